The fourth-order valence-corrected chi connectivity index (χ4v) is 3.74. The Labute approximate surface area is 131 Å². The number of hydrogen-bond donors (Lipinski definition) is 1. The van der Waals surface area contributed by atoms with Crippen molar-refractivity contribution in [2.45, 2.75) is 63.2 Å². The van der Waals surface area contributed by atoms with Crippen molar-refractivity contribution in [3.8, 4) is 5.75 Å². The highest BCUT2D eigenvalue weighted by Crippen LogP contribution is 2.43. The summed E-state index contributed by atoms with van der Waals surface area (Å²) in [5.74, 6) is 0.719. The second-order valence-electron chi connectivity index (χ2n) is 6.46. The van der Waals surface area contributed by atoms with Crippen molar-refractivity contribution in [3.05, 3.63) is 28.8 Å². The summed E-state index contributed by atoms with van der Waals surface area (Å²) in [4.78, 5) is 0. The maximum Gasteiger partial charge on any atom is 0.138 e. The van der Waals surface area contributed by atoms with Crippen LogP contribution in [0, 0.1) is 0 Å². The maximum absolute atomic E-state index is 6.26. The number of ether oxygens (including phenoxy) is 2. The van der Waals surface area contributed by atoms with Crippen molar-refractivity contribution < 1.29 is 9.47 Å². The van der Waals surface area contributed by atoms with Crippen LogP contribution in [0.25, 0.3) is 0 Å². The van der Waals surface area contributed by atoms with Crippen LogP contribution in [0.5, 0.6) is 5.75 Å². The van der Waals surface area contributed by atoms with Gasteiger partial charge in [0.05, 0.1) is 16.7 Å². The lowest BCUT2D eigenvalue weighted by Crippen LogP contribution is -2.27. The predicted octanol–water partition coefficient (Wildman–Crippen LogP) is 4.23. The van der Waals surface area contributed by atoms with Gasteiger partial charge in [0.2, 0.25) is 0 Å². The molecule has 2 atom stereocenters. The van der Waals surface area contributed by atoms with Crippen LogP contribution in [-0.4, -0.2) is 18.3 Å². The summed E-state index contributed by atoms with van der Waals surface area (Å²) in [7, 11) is 0. The number of halogens is 1. The van der Waals surface area contributed by atoms with E-state index in [0.717, 1.165) is 17.7 Å². The molecule has 4 heteroatoms. The standard InChI is InChI=1S/C17H24ClNO2/c1-12(19)13-4-5-16(15(18)10-13)20-11-14-6-9-17(21-14)7-2-3-8-17/h4-5,10,12,14H,2-3,6-9,11,19H2,1H3/t12-,14?/m0/s1. The van der Waals surface area contributed by atoms with Crippen LogP contribution in [0.15, 0.2) is 18.2 Å². The Morgan fingerprint density at radius 1 is 1.38 bits per heavy atom. The van der Waals surface area contributed by atoms with E-state index in [1.807, 2.05) is 25.1 Å². The van der Waals surface area contributed by atoms with Crippen molar-refractivity contribution in [3.63, 3.8) is 0 Å². The van der Waals surface area contributed by atoms with E-state index in [4.69, 9.17) is 26.8 Å². The van der Waals surface area contributed by atoms with Gasteiger partial charge in [-0.15, -0.1) is 0 Å². The highest BCUT2D eigenvalue weighted by Gasteiger charge is 2.42. The molecule has 1 aromatic carbocycles. The molecule has 2 aliphatic rings. The summed E-state index contributed by atoms with van der Waals surface area (Å²) in [5.41, 5.74) is 7.04. The SMILES string of the molecule is C[C@H](N)c1ccc(OCC2CCC3(CCCC3)O2)c(Cl)c1. The molecule has 3 nitrogen and oxygen atoms in total. The third-order valence-corrected chi connectivity index (χ3v) is 5.06. The van der Waals surface area contributed by atoms with Crippen LogP contribution in [0.3, 0.4) is 0 Å². The van der Waals surface area contributed by atoms with Crippen molar-refractivity contribution in [2.75, 3.05) is 6.61 Å². The van der Waals surface area contributed by atoms with Gasteiger partial charge in [-0.05, 0) is 50.3 Å². The second kappa shape index (κ2) is 6.15. The topological polar surface area (TPSA) is 44.5 Å². The number of rotatable bonds is 4. The van der Waals surface area contributed by atoms with Crippen LogP contribution in [0.2, 0.25) is 5.02 Å². The van der Waals surface area contributed by atoms with Gasteiger partial charge in [0, 0.05) is 6.04 Å². The molecular formula is C17H24ClNO2. The Morgan fingerprint density at radius 2 is 2.14 bits per heavy atom. The molecule has 0 aromatic heterocycles. The lowest BCUT2D eigenvalue weighted by molar-refractivity contribution is -0.0508. The first-order chi connectivity index (χ1) is 10.1. The molecule has 1 saturated carbocycles. The van der Waals surface area contributed by atoms with Gasteiger partial charge in [-0.1, -0.05) is 30.5 Å². The van der Waals surface area contributed by atoms with E-state index in [0.29, 0.717) is 11.6 Å². The van der Waals surface area contributed by atoms with Crippen molar-refractivity contribution in [1.29, 1.82) is 0 Å². The van der Waals surface area contributed by atoms with Gasteiger partial charge < -0.3 is 15.2 Å². The molecular weight excluding hydrogens is 286 g/mol. The molecule has 2 fully saturated rings. The molecule has 1 spiro atoms. The fourth-order valence-electron chi connectivity index (χ4n) is 3.50. The Kier molecular flexibility index (Phi) is 4.43. The zero-order valence-electron chi connectivity index (χ0n) is 12.6. The quantitative estimate of drug-likeness (QED) is 0.905. The van der Waals surface area contributed by atoms with Crippen LogP contribution in [0.1, 0.15) is 57.1 Å². The van der Waals surface area contributed by atoms with Gasteiger partial charge in [0.25, 0.3) is 0 Å². The molecule has 0 radical (unpaired) electrons. The average Bonchev–Trinajstić information content (AvgIpc) is 3.08. The van der Waals surface area contributed by atoms with Gasteiger partial charge in [0.1, 0.15) is 12.4 Å². The summed E-state index contributed by atoms with van der Waals surface area (Å²) in [6.07, 6.45) is 7.51. The monoisotopic (exact) mass is 309 g/mol. The summed E-state index contributed by atoms with van der Waals surface area (Å²) in [6.45, 7) is 2.53. The fraction of sp³-hybridized carbons (Fsp3) is 0.647. The van der Waals surface area contributed by atoms with Gasteiger partial charge in [0.15, 0.2) is 0 Å². The molecule has 1 aliphatic heterocycles. The van der Waals surface area contributed by atoms with Gasteiger partial charge >= 0.3 is 0 Å². The van der Waals surface area contributed by atoms with E-state index in [9.17, 15) is 0 Å². The van der Waals surface area contributed by atoms with Crippen molar-refractivity contribution in [1.82, 2.24) is 0 Å². The maximum atomic E-state index is 6.26. The molecule has 1 aliphatic carbocycles. The highest BCUT2D eigenvalue weighted by molar-refractivity contribution is 6.32. The smallest absolute Gasteiger partial charge is 0.138 e. The van der Waals surface area contributed by atoms with E-state index < -0.39 is 0 Å². The molecule has 1 heterocycles. The number of nitrogens with two attached hydrogens (primary N) is 1. The minimum atomic E-state index is -0.0167. The molecule has 1 saturated heterocycles. The van der Waals surface area contributed by atoms with Gasteiger partial charge in [-0.3, -0.25) is 0 Å². The molecule has 3 rings (SSSR count). The highest BCUT2D eigenvalue weighted by atomic mass is 35.5. The first kappa shape index (κ1) is 15.1. The third-order valence-electron chi connectivity index (χ3n) is 4.76. The molecule has 0 amide bonds. The second-order valence-corrected chi connectivity index (χ2v) is 6.87. The number of hydrogen-bond acceptors (Lipinski definition) is 3. The van der Waals surface area contributed by atoms with E-state index in [2.05, 4.69) is 0 Å². The largest absolute Gasteiger partial charge is 0.489 e. The first-order valence-corrected chi connectivity index (χ1v) is 8.31. The third kappa shape index (κ3) is 3.36. The average molecular weight is 310 g/mol. The molecule has 21 heavy (non-hydrogen) atoms. The number of benzene rings is 1. The minimum Gasteiger partial charge on any atom is -0.489 e. The molecule has 116 valence electrons. The molecule has 1 aromatic rings. The first-order valence-electron chi connectivity index (χ1n) is 7.94. The lowest BCUT2D eigenvalue weighted by atomic mass is 9.98. The summed E-state index contributed by atoms with van der Waals surface area (Å²) >= 11 is 6.26. The summed E-state index contributed by atoms with van der Waals surface area (Å²) < 4.78 is 12.1. The van der Waals surface area contributed by atoms with E-state index in [1.54, 1.807) is 0 Å². The Hall–Kier alpha value is -0.770. The van der Waals surface area contributed by atoms with Crippen molar-refractivity contribution >= 4 is 11.6 Å². The van der Waals surface area contributed by atoms with E-state index in [1.165, 1.54) is 32.1 Å². The Bertz CT molecular complexity index is 498. The lowest BCUT2D eigenvalue weighted by Gasteiger charge is -2.24. The zero-order valence-corrected chi connectivity index (χ0v) is 13.4. The Balaban J connectivity index is 1.56. The minimum absolute atomic E-state index is 0.0167. The molecule has 0 bridgehead atoms. The van der Waals surface area contributed by atoms with Crippen LogP contribution < -0.4 is 10.5 Å². The van der Waals surface area contributed by atoms with Gasteiger partial charge in [-0.2, -0.15) is 0 Å². The molecule has 1 unspecified atom stereocenters. The summed E-state index contributed by atoms with van der Waals surface area (Å²) in [5, 5.41) is 0.623. The molecule has 2 N–H and O–H groups in total. The van der Waals surface area contributed by atoms with Gasteiger partial charge in [-0.25, -0.2) is 0 Å². The van der Waals surface area contributed by atoms with Crippen molar-refractivity contribution in [2.24, 2.45) is 5.73 Å². The van der Waals surface area contributed by atoms with E-state index >= 15 is 0 Å². The van der Waals surface area contributed by atoms with Crippen LogP contribution in [-0.2, 0) is 4.74 Å². The zero-order chi connectivity index (χ0) is 14.9. The summed E-state index contributed by atoms with van der Waals surface area (Å²) in [6, 6.07) is 5.74. The van der Waals surface area contributed by atoms with Crippen LogP contribution in [0.4, 0.5) is 0 Å². The predicted molar refractivity (Wildman–Crippen MR) is 84.9 cm³/mol. The normalized spacial score (nSPS) is 25.4. The Morgan fingerprint density at radius 3 is 2.81 bits per heavy atom. The van der Waals surface area contributed by atoms with E-state index in [-0.39, 0.29) is 17.7 Å². The van der Waals surface area contributed by atoms with Crippen LogP contribution >= 0.6 is 11.6 Å².